The maximum absolute atomic E-state index is 5.10. The predicted octanol–water partition coefficient (Wildman–Crippen LogP) is 3.01. The molecule has 0 unspecified atom stereocenters. The van der Waals surface area contributed by atoms with E-state index in [1.54, 1.807) is 7.11 Å². The number of hydrogen-bond donors (Lipinski definition) is 1. The summed E-state index contributed by atoms with van der Waals surface area (Å²) in [5.74, 6) is 0.865. The molecule has 0 spiro atoms. The van der Waals surface area contributed by atoms with Gasteiger partial charge in [-0.1, -0.05) is 6.07 Å². The second-order valence-electron chi connectivity index (χ2n) is 3.91. The molecule has 3 heteroatoms. The second-order valence-corrected chi connectivity index (χ2v) is 3.91. The summed E-state index contributed by atoms with van der Waals surface area (Å²) in [5, 5.41) is 3.31. The standard InChI is InChI=1S/C14H16N2O/c1-11-3-4-13(15-9-11)10-16-12-5-7-14(17-2)8-6-12/h3-9,16H,10H2,1-2H3. The molecule has 0 amide bonds. The largest absolute Gasteiger partial charge is 0.497 e. The maximum atomic E-state index is 5.10. The molecule has 0 aliphatic carbocycles. The van der Waals surface area contributed by atoms with Crippen molar-refractivity contribution in [2.45, 2.75) is 13.5 Å². The van der Waals surface area contributed by atoms with Crippen LogP contribution in [0.2, 0.25) is 0 Å². The molecule has 1 aromatic heterocycles. The lowest BCUT2D eigenvalue weighted by atomic mass is 10.2. The first-order chi connectivity index (χ1) is 8.28. The molecule has 0 atom stereocenters. The van der Waals surface area contributed by atoms with E-state index in [9.17, 15) is 0 Å². The van der Waals surface area contributed by atoms with Gasteiger partial charge in [-0.25, -0.2) is 0 Å². The Bertz CT molecular complexity index is 463. The molecule has 1 N–H and O–H groups in total. The van der Waals surface area contributed by atoms with Crippen LogP contribution >= 0.6 is 0 Å². The highest BCUT2D eigenvalue weighted by atomic mass is 16.5. The lowest BCUT2D eigenvalue weighted by Gasteiger charge is -2.07. The van der Waals surface area contributed by atoms with Crippen LogP contribution in [-0.4, -0.2) is 12.1 Å². The molecule has 0 saturated carbocycles. The van der Waals surface area contributed by atoms with Gasteiger partial charge in [0.1, 0.15) is 5.75 Å². The van der Waals surface area contributed by atoms with Crippen LogP contribution in [-0.2, 0) is 6.54 Å². The fourth-order valence-corrected chi connectivity index (χ4v) is 1.50. The third-order valence-electron chi connectivity index (χ3n) is 2.54. The molecule has 0 saturated heterocycles. The van der Waals surface area contributed by atoms with Crippen LogP contribution in [0.15, 0.2) is 42.6 Å². The van der Waals surface area contributed by atoms with E-state index in [1.165, 1.54) is 5.56 Å². The van der Waals surface area contributed by atoms with Crippen LogP contribution in [0.1, 0.15) is 11.3 Å². The first-order valence-electron chi connectivity index (χ1n) is 5.57. The van der Waals surface area contributed by atoms with E-state index in [-0.39, 0.29) is 0 Å². The molecule has 0 radical (unpaired) electrons. The van der Waals surface area contributed by atoms with Gasteiger partial charge < -0.3 is 10.1 Å². The molecule has 0 bridgehead atoms. The summed E-state index contributed by atoms with van der Waals surface area (Å²) in [5.41, 5.74) is 3.28. The fraction of sp³-hybridized carbons (Fsp3) is 0.214. The average molecular weight is 228 g/mol. The van der Waals surface area contributed by atoms with E-state index in [1.807, 2.05) is 43.5 Å². The molecule has 1 aromatic carbocycles. The first kappa shape index (κ1) is 11.5. The summed E-state index contributed by atoms with van der Waals surface area (Å²) < 4.78 is 5.10. The fourth-order valence-electron chi connectivity index (χ4n) is 1.50. The van der Waals surface area contributed by atoms with Crippen molar-refractivity contribution in [3.8, 4) is 5.75 Å². The molecule has 0 aliphatic rings. The zero-order valence-corrected chi connectivity index (χ0v) is 10.1. The molecular weight excluding hydrogens is 212 g/mol. The summed E-state index contributed by atoms with van der Waals surface area (Å²) in [7, 11) is 1.67. The highest BCUT2D eigenvalue weighted by molar-refractivity contribution is 5.46. The Kier molecular flexibility index (Phi) is 3.60. The number of ether oxygens (including phenoxy) is 1. The number of aromatic nitrogens is 1. The Hall–Kier alpha value is -2.03. The third kappa shape index (κ3) is 3.21. The van der Waals surface area contributed by atoms with Gasteiger partial charge >= 0.3 is 0 Å². The normalized spacial score (nSPS) is 10.0. The Labute approximate surface area is 101 Å². The zero-order chi connectivity index (χ0) is 12.1. The van der Waals surface area contributed by atoms with Crippen molar-refractivity contribution >= 4 is 5.69 Å². The highest BCUT2D eigenvalue weighted by Gasteiger charge is 1.96. The quantitative estimate of drug-likeness (QED) is 0.873. The Morgan fingerprint density at radius 3 is 2.47 bits per heavy atom. The number of nitrogens with one attached hydrogen (secondary N) is 1. The van der Waals surface area contributed by atoms with Crippen LogP contribution in [0, 0.1) is 6.92 Å². The van der Waals surface area contributed by atoms with Gasteiger partial charge in [0.15, 0.2) is 0 Å². The summed E-state index contributed by atoms with van der Waals surface area (Å²) in [6.07, 6.45) is 1.88. The van der Waals surface area contributed by atoms with E-state index in [0.717, 1.165) is 23.7 Å². The lowest BCUT2D eigenvalue weighted by Crippen LogP contribution is -2.01. The van der Waals surface area contributed by atoms with Gasteiger partial charge in [-0.2, -0.15) is 0 Å². The van der Waals surface area contributed by atoms with E-state index in [0.29, 0.717) is 0 Å². The van der Waals surface area contributed by atoms with Gasteiger partial charge in [-0.05, 0) is 42.8 Å². The van der Waals surface area contributed by atoms with E-state index in [4.69, 9.17) is 4.74 Å². The van der Waals surface area contributed by atoms with Crippen molar-refractivity contribution in [3.05, 3.63) is 53.9 Å². The van der Waals surface area contributed by atoms with Gasteiger partial charge in [-0.15, -0.1) is 0 Å². The third-order valence-corrected chi connectivity index (χ3v) is 2.54. The van der Waals surface area contributed by atoms with Gasteiger partial charge in [0.05, 0.1) is 19.3 Å². The molecule has 0 fully saturated rings. The Balaban J connectivity index is 1.95. The van der Waals surface area contributed by atoms with Crippen molar-refractivity contribution in [2.75, 3.05) is 12.4 Å². The number of pyridine rings is 1. The second kappa shape index (κ2) is 5.34. The minimum absolute atomic E-state index is 0.729. The van der Waals surface area contributed by atoms with Crippen molar-refractivity contribution in [3.63, 3.8) is 0 Å². The SMILES string of the molecule is COc1ccc(NCc2ccc(C)cn2)cc1. The van der Waals surface area contributed by atoms with Crippen LogP contribution in [0.3, 0.4) is 0 Å². The maximum Gasteiger partial charge on any atom is 0.119 e. The van der Waals surface area contributed by atoms with Crippen molar-refractivity contribution in [1.82, 2.24) is 4.98 Å². The van der Waals surface area contributed by atoms with Crippen molar-refractivity contribution in [1.29, 1.82) is 0 Å². The monoisotopic (exact) mass is 228 g/mol. The predicted molar refractivity (Wildman–Crippen MR) is 69.3 cm³/mol. The van der Waals surface area contributed by atoms with Crippen LogP contribution < -0.4 is 10.1 Å². The molecule has 3 nitrogen and oxygen atoms in total. The average Bonchev–Trinajstić information content (AvgIpc) is 2.39. The van der Waals surface area contributed by atoms with Gasteiger partial charge in [0.2, 0.25) is 0 Å². The molecule has 88 valence electrons. The van der Waals surface area contributed by atoms with Gasteiger partial charge in [0, 0.05) is 11.9 Å². The minimum Gasteiger partial charge on any atom is -0.497 e. The smallest absolute Gasteiger partial charge is 0.119 e. The first-order valence-corrected chi connectivity index (χ1v) is 5.57. The summed E-state index contributed by atoms with van der Waals surface area (Å²) in [6.45, 7) is 2.76. The van der Waals surface area contributed by atoms with E-state index < -0.39 is 0 Å². The number of aryl methyl sites for hydroxylation is 1. The topological polar surface area (TPSA) is 34.1 Å². The molecular formula is C14H16N2O. The summed E-state index contributed by atoms with van der Waals surface area (Å²) in [6, 6.07) is 12.0. The molecule has 0 aliphatic heterocycles. The molecule has 1 heterocycles. The van der Waals surface area contributed by atoms with Crippen molar-refractivity contribution in [2.24, 2.45) is 0 Å². The number of benzene rings is 1. The number of anilines is 1. The van der Waals surface area contributed by atoms with Gasteiger partial charge in [0.25, 0.3) is 0 Å². The Morgan fingerprint density at radius 1 is 1.12 bits per heavy atom. The van der Waals surface area contributed by atoms with Gasteiger partial charge in [-0.3, -0.25) is 4.98 Å². The summed E-state index contributed by atoms with van der Waals surface area (Å²) >= 11 is 0. The molecule has 2 aromatic rings. The highest BCUT2D eigenvalue weighted by Crippen LogP contribution is 2.15. The van der Waals surface area contributed by atoms with Crippen LogP contribution in [0.4, 0.5) is 5.69 Å². The van der Waals surface area contributed by atoms with E-state index in [2.05, 4.69) is 16.4 Å². The van der Waals surface area contributed by atoms with E-state index >= 15 is 0 Å². The number of nitrogens with zero attached hydrogens (tertiary/aromatic N) is 1. The number of rotatable bonds is 4. The lowest BCUT2D eigenvalue weighted by molar-refractivity contribution is 0.415. The Morgan fingerprint density at radius 2 is 1.88 bits per heavy atom. The minimum atomic E-state index is 0.729. The molecule has 2 rings (SSSR count). The number of methoxy groups -OCH3 is 1. The summed E-state index contributed by atoms with van der Waals surface area (Å²) in [4.78, 5) is 4.34. The molecule has 17 heavy (non-hydrogen) atoms. The van der Waals surface area contributed by atoms with Crippen molar-refractivity contribution < 1.29 is 4.74 Å². The number of hydrogen-bond acceptors (Lipinski definition) is 3. The van der Waals surface area contributed by atoms with Crippen LogP contribution in [0.5, 0.6) is 5.75 Å². The van der Waals surface area contributed by atoms with Crippen LogP contribution in [0.25, 0.3) is 0 Å². The zero-order valence-electron chi connectivity index (χ0n) is 10.1.